The normalized spacial score (nSPS) is 16.4. The number of carbonyl (C=O) groups is 1. The Morgan fingerprint density at radius 1 is 1.36 bits per heavy atom. The van der Waals surface area contributed by atoms with Gasteiger partial charge in [0.25, 0.3) is 0 Å². The Morgan fingerprint density at radius 3 is 2.93 bits per heavy atom. The van der Waals surface area contributed by atoms with Gasteiger partial charge < -0.3 is 4.90 Å². The lowest BCUT2D eigenvalue weighted by atomic mass is 10.1. The molecule has 1 aromatic carbocycles. The molecule has 1 amide bonds. The summed E-state index contributed by atoms with van der Waals surface area (Å²) in [4.78, 5) is 13.3. The third-order valence-corrected chi connectivity index (χ3v) is 3.11. The molecule has 0 atom stereocenters. The maximum Gasteiger partial charge on any atom is 0.226 e. The summed E-state index contributed by atoms with van der Waals surface area (Å²) in [6.45, 7) is 0. The number of amides is 1. The van der Waals surface area contributed by atoms with Gasteiger partial charge in [0.05, 0.1) is 0 Å². The van der Waals surface area contributed by atoms with Crippen molar-refractivity contribution in [1.82, 2.24) is 0 Å². The van der Waals surface area contributed by atoms with Gasteiger partial charge in [-0.1, -0.05) is 15.9 Å². The van der Waals surface area contributed by atoms with E-state index >= 15 is 0 Å². The van der Waals surface area contributed by atoms with Crippen molar-refractivity contribution in [3.05, 3.63) is 28.2 Å². The van der Waals surface area contributed by atoms with Crippen LogP contribution < -0.4 is 4.90 Å². The summed E-state index contributed by atoms with van der Waals surface area (Å²) in [7, 11) is 1.85. The molecule has 74 valence electrons. The third-order valence-electron chi connectivity index (χ3n) is 2.61. The number of hydrogen-bond donors (Lipinski definition) is 0. The first kappa shape index (κ1) is 9.71. The van der Waals surface area contributed by atoms with Gasteiger partial charge >= 0.3 is 0 Å². The highest BCUT2D eigenvalue weighted by Crippen LogP contribution is 2.28. The van der Waals surface area contributed by atoms with Crippen molar-refractivity contribution in [3.8, 4) is 0 Å². The molecular formula is C11H12BrNO. The molecule has 1 aliphatic rings. The molecule has 0 N–H and O–H groups in total. The van der Waals surface area contributed by atoms with Gasteiger partial charge in [-0.3, -0.25) is 4.79 Å². The molecule has 1 aromatic rings. The highest BCUT2D eigenvalue weighted by Gasteiger charge is 2.18. The number of benzene rings is 1. The van der Waals surface area contributed by atoms with E-state index in [0.29, 0.717) is 6.42 Å². The summed E-state index contributed by atoms with van der Waals surface area (Å²) in [6.07, 6.45) is 2.60. The number of aryl methyl sites for hydroxylation is 1. The number of halogens is 1. The van der Waals surface area contributed by atoms with Crippen molar-refractivity contribution < 1.29 is 4.79 Å². The highest BCUT2D eigenvalue weighted by molar-refractivity contribution is 9.10. The van der Waals surface area contributed by atoms with E-state index < -0.39 is 0 Å². The van der Waals surface area contributed by atoms with Crippen LogP contribution in [0.4, 0.5) is 5.69 Å². The van der Waals surface area contributed by atoms with Gasteiger partial charge in [0.2, 0.25) is 5.91 Å². The second-order valence-corrected chi connectivity index (χ2v) is 4.50. The Morgan fingerprint density at radius 2 is 2.14 bits per heavy atom. The maximum absolute atomic E-state index is 11.6. The summed E-state index contributed by atoms with van der Waals surface area (Å²) in [6, 6.07) is 6.08. The van der Waals surface area contributed by atoms with Crippen LogP contribution in [-0.4, -0.2) is 13.0 Å². The van der Waals surface area contributed by atoms with E-state index in [9.17, 15) is 4.79 Å². The predicted molar refractivity (Wildman–Crippen MR) is 60.5 cm³/mol. The van der Waals surface area contributed by atoms with E-state index in [1.165, 1.54) is 5.56 Å². The Labute approximate surface area is 92.0 Å². The van der Waals surface area contributed by atoms with E-state index in [1.54, 1.807) is 4.90 Å². The zero-order valence-corrected chi connectivity index (χ0v) is 9.67. The first-order chi connectivity index (χ1) is 6.68. The number of hydrogen-bond acceptors (Lipinski definition) is 1. The molecule has 0 radical (unpaired) electrons. The van der Waals surface area contributed by atoms with Crippen LogP contribution in [0.25, 0.3) is 0 Å². The molecular weight excluding hydrogens is 242 g/mol. The van der Waals surface area contributed by atoms with Crippen molar-refractivity contribution in [2.24, 2.45) is 0 Å². The van der Waals surface area contributed by atoms with Crippen molar-refractivity contribution in [2.75, 3.05) is 11.9 Å². The minimum Gasteiger partial charge on any atom is -0.315 e. The SMILES string of the molecule is CN1C(=O)CCCc2cc(Br)ccc21. The fourth-order valence-corrected chi connectivity index (χ4v) is 2.22. The average Bonchev–Trinajstić information content (AvgIpc) is 2.28. The quantitative estimate of drug-likeness (QED) is 0.697. The minimum absolute atomic E-state index is 0.214. The third kappa shape index (κ3) is 1.69. The topological polar surface area (TPSA) is 20.3 Å². The summed E-state index contributed by atoms with van der Waals surface area (Å²) in [5.74, 6) is 0.214. The minimum atomic E-state index is 0.214. The molecule has 0 aromatic heterocycles. The van der Waals surface area contributed by atoms with E-state index in [0.717, 1.165) is 23.0 Å². The van der Waals surface area contributed by atoms with Gasteiger partial charge in [-0.2, -0.15) is 0 Å². The van der Waals surface area contributed by atoms with Crippen LogP contribution in [0.1, 0.15) is 18.4 Å². The molecule has 0 saturated heterocycles. The maximum atomic E-state index is 11.6. The molecule has 0 aliphatic carbocycles. The summed E-state index contributed by atoms with van der Waals surface area (Å²) < 4.78 is 1.08. The van der Waals surface area contributed by atoms with Gasteiger partial charge in [-0.05, 0) is 36.6 Å². The smallest absolute Gasteiger partial charge is 0.226 e. The number of carbonyl (C=O) groups excluding carboxylic acids is 1. The van der Waals surface area contributed by atoms with Crippen LogP contribution in [-0.2, 0) is 11.2 Å². The standard InChI is InChI=1S/C11H12BrNO/c1-13-10-6-5-9(12)7-8(10)3-2-4-11(13)14/h5-7H,2-4H2,1H3. The van der Waals surface area contributed by atoms with Crippen molar-refractivity contribution in [3.63, 3.8) is 0 Å². The lowest BCUT2D eigenvalue weighted by Gasteiger charge is -2.17. The molecule has 0 fully saturated rings. The Kier molecular flexibility index (Phi) is 2.59. The van der Waals surface area contributed by atoms with E-state index in [2.05, 4.69) is 22.0 Å². The van der Waals surface area contributed by atoms with Gasteiger partial charge in [0.1, 0.15) is 0 Å². The summed E-state index contributed by atoms with van der Waals surface area (Å²) in [5, 5.41) is 0. The van der Waals surface area contributed by atoms with Gasteiger partial charge in [0, 0.05) is 23.6 Å². The van der Waals surface area contributed by atoms with Crippen molar-refractivity contribution >= 4 is 27.5 Å². The molecule has 0 bridgehead atoms. The zero-order chi connectivity index (χ0) is 10.1. The number of rotatable bonds is 0. The Bertz CT molecular complexity index is 376. The van der Waals surface area contributed by atoms with Crippen LogP contribution in [0.2, 0.25) is 0 Å². The van der Waals surface area contributed by atoms with Crippen molar-refractivity contribution in [2.45, 2.75) is 19.3 Å². The summed E-state index contributed by atoms with van der Waals surface area (Å²) in [5.41, 5.74) is 2.31. The first-order valence-electron chi connectivity index (χ1n) is 4.73. The fraction of sp³-hybridized carbons (Fsp3) is 0.364. The molecule has 1 heterocycles. The fourth-order valence-electron chi connectivity index (χ4n) is 1.81. The Hall–Kier alpha value is -0.830. The Balaban J connectivity index is 2.48. The molecule has 2 nitrogen and oxygen atoms in total. The van der Waals surface area contributed by atoms with Crippen molar-refractivity contribution in [1.29, 1.82) is 0 Å². The molecule has 3 heteroatoms. The number of fused-ring (bicyclic) bond motifs is 1. The largest absolute Gasteiger partial charge is 0.315 e. The lowest BCUT2D eigenvalue weighted by molar-refractivity contribution is -0.118. The lowest BCUT2D eigenvalue weighted by Crippen LogP contribution is -2.24. The average molecular weight is 254 g/mol. The molecule has 1 aliphatic heterocycles. The van der Waals surface area contributed by atoms with Gasteiger partial charge in [-0.25, -0.2) is 0 Å². The van der Waals surface area contributed by atoms with E-state index in [1.807, 2.05) is 19.2 Å². The number of anilines is 1. The van der Waals surface area contributed by atoms with Gasteiger partial charge in [0.15, 0.2) is 0 Å². The monoisotopic (exact) mass is 253 g/mol. The van der Waals surface area contributed by atoms with E-state index in [4.69, 9.17) is 0 Å². The van der Waals surface area contributed by atoms with Crippen LogP contribution in [0.3, 0.4) is 0 Å². The second kappa shape index (κ2) is 3.73. The molecule has 0 spiro atoms. The highest BCUT2D eigenvalue weighted by atomic mass is 79.9. The molecule has 14 heavy (non-hydrogen) atoms. The second-order valence-electron chi connectivity index (χ2n) is 3.58. The summed E-state index contributed by atoms with van der Waals surface area (Å²) >= 11 is 3.45. The molecule has 0 unspecified atom stereocenters. The van der Waals surface area contributed by atoms with Crippen LogP contribution in [0, 0.1) is 0 Å². The van der Waals surface area contributed by atoms with Crippen LogP contribution >= 0.6 is 15.9 Å². The predicted octanol–water partition coefficient (Wildman–Crippen LogP) is 2.75. The zero-order valence-electron chi connectivity index (χ0n) is 8.09. The van der Waals surface area contributed by atoms with Crippen LogP contribution in [0.15, 0.2) is 22.7 Å². The first-order valence-corrected chi connectivity index (χ1v) is 5.53. The van der Waals surface area contributed by atoms with Gasteiger partial charge in [-0.15, -0.1) is 0 Å². The molecule has 0 saturated carbocycles. The molecule has 2 rings (SSSR count). The number of nitrogens with zero attached hydrogens (tertiary/aromatic N) is 1. The van der Waals surface area contributed by atoms with Crippen LogP contribution in [0.5, 0.6) is 0 Å². The van der Waals surface area contributed by atoms with E-state index in [-0.39, 0.29) is 5.91 Å².